The van der Waals surface area contributed by atoms with Gasteiger partial charge < -0.3 is 10.1 Å². The van der Waals surface area contributed by atoms with Crippen molar-refractivity contribution < 1.29 is 9.53 Å². The summed E-state index contributed by atoms with van der Waals surface area (Å²) in [6.07, 6.45) is 2.54. The highest BCUT2D eigenvalue weighted by molar-refractivity contribution is 5.80. The van der Waals surface area contributed by atoms with Crippen molar-refractivity contribution in [2.75, 3.05) is 26.2 Å². The van der Waals surface area contributed by atoms with Crippen molar-refractivity contribution in [1.82, 2.24) is 10.2 Å². The van der Waals surface area contributed by atoms with E-state index in [1.165, 1.54) is 12.8 Å². The number of fused-ring (bicyclic) bond motifs is 1. The maximum absolute atomic E-state index is 11.4. The van der Waals surface area contributed by atoms with Crippen molar-refractivity contribution in [3.05, 3.63) is 0 Å². The zero-order chi connectivity index (χ0) is 12.3. The van der Waals surface area contributed by atoms with Crippen molar-refractivity contribution in [2.24, 2.45) is 5.92 Å². The predicted octanol–water partition coefficient (Wildman–Crippen LogP) is 0.125. The Morgan fingerprint density at radius 3 is 3.29 bits per heavy atom. The minimum Gasteiger partial charge on any atom is -0.373 e. The second-order valence-electron chi connectivity index (χ2n) is 4.84. The maximum atomic E-state index is 11.4. The summed E-state index contributed by atoms with van der Waals surface area (Å²) in [6, 6.07) is 2.51. The molecule has 0 saturated carbocycles. The highest BCUT2D eigenvalue weighted by Crippen LogP contribution is 2.22. The number of amides is 1. The minimum absolute atomic E-state index is 0.0687. The van der Waals surface area contributed by atoms with Crippen LogP contribution in [0.2, 0.25) is 0 Å². The van der Waals surface area contributed by atoms with Gasteiger partial charge in [0.15, 0.2) is 0 Å². The molecule has 94 valence electrons. The fourth-order valence-electron chi connectivity index (χ4n) is 2.44. The van der Waals surface area contributed by atoms with E-state index in [9.17, 15) is 4.79 Å². The SMILES string of the molecule is CC(C#N)C(=O)NCC1CN2CCCC2CO1. The molecule has 3 unspecified atom stereocenters. The molecule has 1 N–H and O–H groups in total. The molecule has 0 spiro atoms. The first kappa shape index (κ1) is 12.3. The summed E-state index contributed by atoms with van der Waals surface area (Å²) in [5.41, 5.74) is 0. The number of rotatable bonds is 3. The molecule has 0 radical (unpaired) electrons. The van der Waals surface area contributed by atoms with Gasteiger partial charge in [-0.15, -0.1) is 0 Å². The Morgan fingerprint density at radius 1 is 1.71 bits per heavy atom. The van der Waals surface area contributed by atoms with Crippen LogP contribution in [0, 0.1) is 17.2 Å². The molecule has 3 atom stereocenters. The molecule has 2 saturated heterocycles. The van der Waals surface area contributed by atoms with Crippen LogP contribution in [0.4, 0.5) is 0 Å². The molecule has 2 rings (SSSR count). The fraction of sp³-hybridized carbons (Fsp3) is 0.833. The zero-order valence-corrected chi connectivity index (χ0v) is 10.2. The lowest BCUT2D eigenvalue weighted by Gasteiger charge is -2.35. The van der Waals surface area contributed by atoms with E-state index < -0.39 is 5.92 Å². The van der Waals surface area contributed by atoms with E-state index >= 15 is 0 Å². The third-order valence-corrected chi connectivity index (χ3v) is 3.55. The zero-order valence-electron chi connectivity index (χ0n) is 10.2. The Kier molecular flexibility index (Phi) is 3.97. The summed E-state index contributed by atoms with van der Waals surface area (Å²) in [7, 11) is 0. The number of hydrogen-bond donors (Lipinski definition) is 1. The predicted molar refractivity (Wildman–Crippen MR) is 62.1 cm³/mol. The van der Waals surface area contributed by atoms with E-state index in [1.54, 1.807) is 6.92 Å². The quantitative estimate of drug-likeness (QED) is 0.757. The van der Waals surface area contributed by atoms with Gasteiger partial charge in [-0.3, -0.25) is 9.69 Å². The first-order chi connectivity index (χ1) is 8.20. The number of nitrogens with zero attached hydrogens (tertiary/aromatic N) is 2. The van der Waals surface area contributed by atoms with Crippen LogP contribution >= 0.6 is 0 Å². The van der Waals surface area contributed by atoms with Crippen LogP contribution in [0.1, 0.15) is 19.8 Å². The molecule has 5 nitrogen and oxygen atoms in total. The number of nitrogens with one attached hydrogen (secondary N) is 1. The minimum atomic E-state index is -0.585. The smallest absolute Gasteiger partial charge is 0.237 e. The third-order valence-electron chi connectivity index (χ3n) is 3.55. The Morgan fingerprint density at radius 2 is 2.53 bits per heavy atom. The average molecular weight is 237 g/mol. The molecule has 2 fully saturated rings. The number of hydrogen-bond acceptors (Lipinski definition) is 4. The van der Waals surface area contributed by atoms with Gasteiger partial charge in [-0.1, -0.05) is 0 Å². The number of ether oxygens (including phenoxy) is 1. The van der Waals surface area contributed by atoms with Gasteiger partial charge in [0.05, 0.1) is 18.8 Å². The molecule has 2 aliphatic heterocycles. The van der Waals surface area contributed by atoms with Crippen molar-refractivity contribution in [3.8, 4) is 6.07 Å². The largest absolute Gasteiger partial charge is 0.373 e. The van der Waals surface area contributed by atoms with Gasteiger partial charge in [-0.2, -0.15) is 5.26 Å². The molecule has 2 aliphatic rings. The number of nitriles is 1. The summed E-state index contributed by atoms with van der Waals surface area (Å²) >= 11 is 0. The molecular formula is C12H19N3O2. The summed E-state index contributed by atoms with van der Waals surface area (Å²) in [5.74, 6) is -0.794. The monoisotopic (exact) mass is 237 g/mol. The van der Waals surface area contributed by atoms with Crippen LogP contribution in [-0.4, -0.2) is 49.2 Å². The second kappa shape index (κ2) is 5.48. The van der Waals surface area contributed by atoms with Crippen molar-refractivity contribution >= 4 is 5.91 Å². The number of morpholine rings is 1. The normalized spacial score (nSPS) is 30.4. The lowest BCUT2D eigenvalue weighted by atomic mass is 10.1. The molecule has 17 heavy (non-hydrogen) atoms. The molecule has 0 aromatic heterocycles. The lowest BCUT2D eigenvalue weighted by Crippen LogP contribution is -2.50. The van der Waals surface area contributed by atoms with Crippen molar-refractivity contribution in [3.63, 3.8) is 0 Å². The summed E-state index contributed by atoms with van der Waals surface area (Å²) < 4.78 is 5.72. The molecule has 1 amide bonds. The Hall–Kier alpha value is -1.12. The topological polar surface area (TPSA) is 65.4 Å². The van der Waals surface area contributed by atoms with Crippen LogP contribution in [0.5, 0.6) is 0 Å². The highest BCUT2D eigenvalue weighted by Gasteiger charge is 2.32. The lowest BCUT2D eigenvalue weighted by molar-refractivity contribution is -0.124. The van der Waals surface area contributed by atoms with Gasteiger partial charge in [-0.25, -0.2) is 0 Å². The van der Waals surface area contributed by atoms with Crippen LogP contribution in [0.15, 0.2) is 0 Å². The number of carbonyl (C=O) groups excluding carboxylic acids is 1. The molecular weight excluding hydrogens is 218 g/mol. The standard InChI is InChI=1S/C12H19N3O2/c1-9(5-13)12(16)14-6-11-7-15-4-2-3-10(15)8-17-11/h9-11H,2-4,6-8H2,1H3,(H,14,16). The average Bonchev–Trinajstić information content (AvgIpc) is 2.82. The number of carbonyl (C=O) groups is 1. The summed E-state index contributed by atoms with van der Waals surface area (Å²) in [6.45, 7) is 4.93. The summed E-state index contributed by atoms with van der Waals surface area (Å²) in [5, 5.41) is 11.4. The first-order valence-corrected chi connectivity index (χ1v) is 6.23. The van der Waals surface area contributed by atoms with E-state index in [0.717, 1.165) is 19.7 Å². The van der Waals surface area contributed by atoms with Gasteiger partial charge >= 0.3 is 0 Å². The van der Waals surface area contributed by atoms with Gasteiger partial charge in [-0.05, 0) is 26.3 Å². The van der Waals surface area contributed by atoms with Gasteiger partial charge in [0, 0.05) is 19.1 Å². The fourth-order valence-corrected chi connectivity index (χ4v) is 2.44. The molecule has 2 heterocycles. The molecule has 0 aliphatic carbocycles. The van der Waals surface area contributed by atoms with Crippen molar-refractivity contribution in [2.45, 2.75) is 31.9 Å². The summed E-state index contributed by atoms with van der Waals surface area (Å²) in [4.78, 5) is 13.9. The Bertz CT molecular complexity index is 326. The van der Waals surface area contributed by atoms with Crippen LogP contribution in [-0.2, 0) is 9.53 Å². The van der Waals surface area contributed by atoms with Crippen LogP contribution < -0.4 is 5.32 Å². The molecule has 0 bridgehead atoms. The van der Waals surface area contributed by atoms with Gasteiger partial charge in [0.2, 0.25) is 5.91 Å². The third kappa shape index (κ3) is 2.96. The Labute approximate surface area is 102 Å². The maximum Gasteiger partial charge on any atom is 0.237 e. The van der Waals surface area contributed by atoms with Crippen molar-refractivity contribution in [1.29, 1.82) is 5.26 Å². The van der Waals surface area contributed by atoms with E-state index in [4.69, 9.17) is 10.00 Å². The molecule has 0 aromatic rings. The molecule has 5 heteroatoms. The van der Waals surface area contributed by atoms with Gasteiger partial charge in [0.1, 0.15) is 5.92 Å². The molecule has 0 aromatic carbocycles. The van der Waals surface area contributed by atoms with Crippen LogP contribution in [0.25, 0.3) is 0 Å². The highest BCUT2D eigenvalue weighted by atomic mass is 16.5. The van der Waals surface area contributed by atoms with E-state index in [-0.39, 0.29) is 12.0 Å². The van der Waals surface area contributed by atoms with Gasteiger partial charge in [0.25, 0.3) is 0 Å². The second-order valence-corrected chi connectivity index (χ2v) is 4.84. The van der Waals surface area contributed by atoms with E-state index in [1.807, 2.05) is 6.07 Å². The first-order valence-electron chi connectivity index (χ1n) is 6.23. The Balaban J connectivity index is 1.74. The van der Waals surface area contributed by atoms with Crippen LogP contribution in [0.3, 0.4) is 0 Å². The van der Waals surface area contributed by atoms with E-state index in [2.05, 4.69) is 10.2 Å². The van der Waals surface area contributed by atoms with E-state index in [0.29, 0.717) is 12.6 Å².